The third-order valence-corrected chi connectivity index (χ3v) is 5.30. The Kier molecular flexibility index (Phi) is 6.10. The van der Waals surface area contributed by atoms with Crippen molar-refractivity contribution in [2.75, 3.05) is 25.1 Å². The van der Waals surface area contributed by atoms with Gasteiger partial charge in [-0.3, -0.25) is 9.59 Å². The average molecular weight is 442 g/mol. The van der Waals surface area contributed by atoms with Crippen molar-refractivity contribution in [3.05, 3.63) is 41.3 Å². The van der Waals surface area contributed by atoms with E-state index >= 15 is 0 Å². The fraction of sp³-hybridized carbons (Fsp3) is 0.478. The number of anilines is 1. The lowest BCUT2D eigenvalue weighted by Crippen LogP contribution is -2.35. The number of ether oxygens (including phenoxy) is 2. The van der Waals surface area contributed by atoms with Crippen molar-refractivity contribution in [3.8, 4) is 11.3 Å². The summed E-state index contributed by atoms with van der Waals surface area (Å²) in [4.78, 5) is 34.9. The van der Waals surface area contributed by atoms with Crippen LogP contribution >= 0.6 is 0 Å². The van der Waals surface area contributed by atoms with Crippen LogP contribution in [0, 0.1) is 5.82 Å². The van der Waals surface area contributed by atoms with Gasteiger partial charge in [-0.2, -0.15) is 0 Å². The first-order valence-corrected chi connectivity index (χ1v) is 10.7. The Morgan fingerprint density at radius 1 is 1.31 bits per heavy atom. The molecule has 3 heterocycles. The van der Waals surface area contributed by atoms with Crippen LogP contribution in [0.4, 0.5) is 10.3 Å². The van der Waals surface area contributed by atoms with Crippen molar-refractivity contribution in [3.63, 3.8) is 0 Å². The molecule has 2 aliphatic rings. The van der Waals surface area contributed by atoms with E-state index in [0.29, 0.717) is 36.8 Å². The number of hydrogen-bond acceptors (Lipinski definition) is 7. The molecule has 0 saturated carbocycles. The third kappa shape index (κ3) is 5.04. The van der Waals surface area contributed by atoms with Crippen molar-refractivity contribution in [2.24, 2.45) is 0 Å². The number of esters is 1. The number of carbonyl (C=O) groups excluding carboxylic acids is 2. The minimum atomic E-state index is -0.624. The SMILES string of the molecule is CC(C)(C)OC(=O)CN1Cc2ccc(-c3nc(NC4CCOCC4)ncc3F)cc2C1=O. The third-order valence-electron chi connectivity index (χ3n) is 5.30. The van der Waals surface area contributed by atoms with Gasteiger partial charge in [-0.1, -0.05) is 12.1 Å². The monoisotopic (exact) mass is 442 g/mol. The number of nitrogens with one attached hydrogen (secondary N) is 1. The maximum atomic E-state index is 14.6. The molecule has 2 aliphatic heterocycles. The molecule has 32 heavy (non-hydrogen) atoms. The number of halogens is 1. The van der Waals surface area contributed by atoms with Crippen molar-refractivity contribution in [1.29, 1.82) is 0 Å². The highest BCUT2D eigenvalue weighted by molar-refractivity contribution is 6.00. The number of hydrogen-bond donors (Lipinski definition) is 1. The van der Waals surface area contributed by atoms with Crippen LogP contribution in [-0.2, 0) is 20.8 Å². The van der Waals surface area contributed by atoms with Gasteiger partial charge in [0.1, 0.15) is 17.8 Å². The normalized spacial score (nSPS) is 16.8. The van der Waals surface area contributed by atoms with Crippen LogP contribution in [0.15, 0.2) is 24.4 Å². The molecule has 1 saturated heterocycles. The minimum absolute atomic E-state index is 0.121. The Hall–Kier alpha value is -3.07. The van der Waals surface area contributed by atoms with E-state index in [1.807, 2.05) is 0 Å². The van der Waals surface area contributed by atoms with Crippen LogP contribution in [0.25, 0.3) is 11.3 Å². The maximum Gasteiger partial charge on any atom is 0.326 e. The molecule has 0 unspecified atom stereocenters. The van der Waals surface area contributed by atoms with Crippen LogP contribution < -0.4 is 5.32 Å². The van der Waals surface area contributed by atoms with E-state index in [2.05, 4.69) is 15.3 Å². The lowest BCUT2D eigenvalue weighted by atomic mass is 10.0. The topological polar surface area (TPSA) is 93.7 Å². The first kappa shape index (κ1) is 22.1. The van der Waals surface area contributed by atoms with Crippen LogP contribution in [0.3, 0.4) is 0 Å². The van der Waals surface area contributed by atoms with Gasteiger partial charge in [0, 0.05) is 36.9 Å². The van der Waals surface area contributed by atoms with Crippen LogP contribution in [0.5, 0.6) is 0 Å². The molecule has 4 rings (SSSR count). The zero-order chi connectivity index (χ0) is 22.9. The van der Waals surface area contributed by atoms with E-state index in [1.54, 1.807) is 39.0 Å². The molecule has 0 spiro atoms. The first-order chi connectivity index (χ1) is 15.2. The zero-order valence-corrected chi connectivity index (χ0v) is 18.5. The Balaban J connectivity index is 1.52. The summed E-state index contributed by atoms with van der Waals surface area (Å²) in [5.74, 6) is -0.988. The zero-order valence-electron chi connectivity index (χ0n) is 18.5. The molecule has 1 aromatic heterocycles. The number of amides is 1. The number of nitrogens with zero attached hydrogens (tertiary/aromatic N) is 3. The molecule has 8 nitrogen and oxygen atoms in total. The maximum absolute atomic E-state index is 14.6. The lowest BCUT2D eigenvalue weighted by molar-refractivity contribution is -0.155. The molecule has 9 heteroatoms. The summed E-state index contributed by atoms with van der Waals surface area (Å²) >= 11 is 0. The molecule has 0 atom stereocenters. The predicted molar refractivity (Wildman–Crippen MR) is 115 cm³/mol. The van der Waals surface area contributed by atoms with E-state index in [4.69, 9.17) is 9.47 Å². The van der Waals surface area contributed by atoms with E-state index in [1.165, 1.54) is 4.90 Å². The number of aromatic nitrogens is 2. The second kappa shape index (κ2) is 8.82. The summed E-state index contributed by atoms with van der Waals surface area (Å²) < 4.78 is 25.2. The smallest absolute Gasteiger partial charge is 0.326 e. The molecule has 0 bridgehead atoms. The van der Waals surface area contributed by atoms with Gasteiger partial charge in [-0.05, 0) is 45.2 Å². The van der Waals surface area contributed by atoms with E-state index in [0.717, 1.165) is 24.6 Å². The van der Waals surface area contributed by atoms with Crippen molar-refractivity contribution < 1.29 is 23.5 Å². The highest BCUT2D eigenvalue weighted by Gasteiger charge is 2.31. The first-order valence-electron chi connectivity index (χ1n) is 10.7. The summed E-state index contributed by atoms with van der Waals surface area (Å²) in [6.45, 7) is 6.83. The number of benzene rings is 1. The van der Waals surface area contributed by atoms with Crippen LogP contribution in [0.2, 0.25) is 0 Å². The molecule has 1 fully saturated rings. The molecule has 0 aliphatic carbocycles. The fourth-order valence-electron chi connectivity index (χ4n) is 3.83. The van der Waals surface area contributed by atoms with Crippen LogP contribution in [0.1, 0.15) is 49.5 Å². The molecular weight excluding hydrogens is 415 g/mol. The standard InChI is InChI=1S/C23H27FN4O4/c1-23(2,3)32-19(29)13-28-12-15-5-4-14(10-17(15)21(28)30)20-18(24)11-25-22(27-20)26-16-6-8-31-9-7-16/h4-5,10-11,16H,6-9,12-13H2,1-3H3,(H,25,26,27). The molecule has 170 valence electrons. The quantitative estimate of drug-likeness (QED) is 0.711. The van der Waals surface area contributed by atoms with E-state index < -0.39 is 17.4 Å². The summed E-state index contributed by atoms with van der Waals surface area (Å²) in [7, 11) is 0. The Morgan fingerprint density at radius 2 is 2.06 bits per heavy atom. The highest BCUT2D eigenvalue weighted by Crippen LogP contribution is 2.29. The second-order valence-electron chi connectivity index (χ2n) is 9.04. The van der Waals surface area contributed by atoms with Gasteiger partial charge < -0.3 is 19.7 Å². The van der Waals surface area contributed by atoms with Crippen LogP contribution in [-0.4, -0.2) is 58.1 Å². The minimum Gasteiger partial charge on any atom is -0.459 e. The van der Waals surface area contributed by atoms with Gasteiger partial charge in [-0.25, -0.2) is 14.4 Å². The fourth-order valence-corrected chi connectivity index (χ4v) is 3.83. The Bertz CT molecular complexity index is 1030. The lowest BCUT2D eigenvalue weighted by Gasteiger charge is -2.23. The Labute approximate surface area is 186 Å². The van der Waals surface area contributed by atoms with E-state index in [-0.39, 0.29) is 24.2 Å². The van der Waals surface area contributed by atoms with Crippen molar-refractivity contribution in [1.82, 2.24) is 14.9 Å². The van der Waals surface area contributed by atoms with Gasteiger partial charge in [0.2, 0.25) is 5.95 Å². The molecule has 1 aromatic carbocycles. The number of carbonyl (C=O) groups is 2. The molecule has 2 aromatic rings. The van der Waals surface area contributed by atoms with Gasteiger partial charge in [-0.15, -0.1) is 0 Å². The highest BCUT2D eigenvalue weighted by atomic mass is 19.1. The summed E-state index contributed by atoms with van der Waals surface area (Å²) in [5.41, 5.74) is 1.18. The summed E-state index contributed by atoms with van der Waals surface area (Å²) in [5, 5.41) is 3.23. The second-order valence-corrected chi connectivity index (χ2v) is 9.04. The number of rotatable bonds is 5. The summed E-state index contributed by atoms with van der Waals surface area (Å²) in [6, 6.07) is 5.29. The van der Waals surface area contributed by atoms with Gasteiger partial charge in [0.15, 0.2) is 5.82 Å². The van der Waals surface area contributed by atoms with Gasteiger partial charge in [0.05, 0.1) is 6.20 Å². The van der Waals surface area contributed by atoms with Gasteiger partial charge >= 0.3 is 5.97 Å². The summed E-state index contributed by atoms with van der Waals surface area (Å²) in [6.07, 6.45) is 2.79. The molecule has 1 N–H and O–H groups in total. The van der Waals surface area contributed by atoms with Gasteiger partial charge in [0.25, 0.3) is 5.91 Å². The van der Waals surface area contributed by atoms with E-state index in [9.17, 15) is 14.0 Å². The van der Waals surface area contributed by atoms with Crippen molar-refractivity contribution in [2.45, 2.75) is 51.8 Å². The largest absolute Gasteiger partial charge is 0.459 e. The average Bonchev–Trinajstić information content (AvgIpc) is 3.03. The molecule has 1 amide bonds. The molecule has 0 radical (unpaired) electrons. The Morgan fingerprint density at radius 3 is 2.78 bits per heavy atom. The predicted octanol–water partition coefficient (Wildman–Crippen LogP) is 3.17. The molecular formula is C23H27FN4O4. The van der Waals surface area contributed by atoms with Crippen molar-refractivity contribution >= 4 is 17.8 Å². The number of fused-ring (bicyclic) bond motifs is 1.